The maximum Gasteiger partial charge on any atom is 0.348 e. The first-order valence-corrected chi connectivity index (χ1v) is 9.31. The smallest absolute Gasteiger partial charge is 0.348 e. The van der Waals surface area contributed by atoms with Crippen LogP contribution < -0.4 is 10.6 Å². The average molecular weight is 383 g/mol. The summed E-state index contributed by atoms with van der Waals surface area (Å²) in [6.07, 6.45) is 0. The second kappa shape index (κ2) is 6.72. The minimum atomic E-state index is -1.07. The van der Waals surface area contributed by atoms with Gasteiger partial charge in [0.25, 0.3) is 0 Å². The van der Waals surface area contributed by atoms with Crippen LogP contribution in [0.25, 0.3) is 0 Å². The highest BCUT2D eigenvalue weighted by molar-refractivity contribution is 7.15. The van der Waals surface area contributed by atoms with Gasteiger partial charge in [0.05, 0.1) is 5.69 Å². The summed E-state index contributed by atoms with van der Waals surface area (Å²) in [6.45, 7) is 12.0. The molecule has 2 aromatic heterocycles. The van der Waals surface area contributed by atoms with Crippen molar-refractivity contribution < 1.29 is 14.7 Å². The van der Waals surface area contributed by atoms with E-state index >= 15 is 0 Å². The third-order valence-corrected chi connectivity index (χ3v) is 6.01. The highest BCUT2D eigenvalue weighted by Gasteiger charge is 2.24. The Morgan fingerprint density at radius 2 is 1.64 bits per heavy atom. The van der Waals surface area contributed by atoms with Crippen LogP contribution in [0.2, 0.25) is 0 Å². The van der Waals surface area contributed by atoms with Gasteiger partial charge in [-0.3, -0.25) is 5.32 Å². The van der Waals surface area contributed by atoms with E-state index in [9.17, 15) is 14.7 Å². The lowest BCUT2D eigenvalue weighted by atomic mass is 9.94. The largest absolute Gasteiger partial charge is 0.477 e. The highest BCUT2D eigenvalue weighted by Crippen LogP contribution is 2.35. The molecule has 7 nitrogen and oxygen atoms in total. The van der Waals surface area contributed by atoms with Crippen molar-refractivity contribution >= 4 is 45.5 Å². The number of nitrogens with one attached hydrogen (secondary N) is 2. The van der Waals surface area contributed by atoms with Gasteiger partial charge in [-0.25, -0.2) is 9.59 Å². The van der Waals surface area contributed by atoms with E-state index in [-0.39, 0.29) is 21.4 Å². The van der Waals surface area contributed by atoms with Crippen LogP contribution in [0.15, 0.2) is 6.07 Å². The van der Waals surface area contributed by atoms with E-state index in [1.807, 2.05) is 41.5 Å². The number of hydrogen-bond acceptors (Lipinski definition) is 6. The zero-order valence-corrected chi connectivity index (χ0v) is 16.7. The van der Waals surface area contributed by atoms with Crippen LogP contribution in [0.3, 0.4) is 0 Å². The molecular formula is C16H22N4O3S2. The van der Waals surface area contributed by atoms with E-state index in [4.69, 9.17) is 0 Å². The summed E-state index contributed by atoms with van der Waals surface area (Å²) in [6, 6.07) is 1.16. The number of anilines is 2. The number of carbonyl (C=O) groups is 2. The molecule has 136 valence electrons. The predicted octanol–water partition coefficient (Wildman–Crippen LogP) is 4.54. The van der Waals surface area contributed by atoms with E-state index in [0.29, 0.717) is 5.13 Å². The minimum absolute atomic E-state index is 0.104. The molecular weight excluding hydrogens is 360 g/mol. The zero-order chi connectivity index (χ0) is 19.0. The molecule has 0 atom stereocenters. The first-order valence-electron chi connectivity index (χ1n) is 7.67. The van der Waals surface area contributed by atoms with Crippen LogP contribution in [0, 0.1) is 0 Å². The third-order valence-electron chi connectivity index (χ3n) is 3.20. The summed E-state index contributed by atoms with van der Waals surface area (Å²) >= 11 is 2.45. The van der Waals surface area contributed by atoms with Crippen LogP contribution in [-0.2, 0) is 10.8 Å². The molecule has 0 unspecified atom stereocenters. The summed E-state index contributed by atoms with van der Waals surface area (Å²) < 4.78 is 0. The fourth-order valence-electron chi connectivity index (χ4n) is 1.84. The molecule has 2 amide bonds. The zero-order valence-electron chi connectivity index (χ0n) is 15.1. The topological polar surface area (TPSA) is 104 Å². The van der Waals surface area contributed by atoms with Crippen molar-refractivity contribution in [2.75, 3.05) is 10.6 Å². The van der Waals surface area contributed by atoms with Crippen LogP contribution in [0.1, 0.15) is 61.1 Å². The second-order valence-corrected chi connectivity index (χ2v) is 9.68. The maximum absolute atomic E-state index is 12.2. The lowest BCUT2D eigenvalue weighted by molar-refractivity contribution is 0.0703. The summed E-state index contributed by atoms with van der Waals surface area (Å²) in [7, 11) is 0. The summed E-state index contributed by atoms with van der Waals surface area (Å²) in [4.78, 5) is 24.6. The Morgan fingerprint density at radius 1 is 1.00 bits per heavy atom. The first kappa shape index (κ1) is 19.3. The lowest BCUT2D eigenvalue weighted by Gasteiger charge is -2.15. The van der Waals surface area contributed by atoms with Crippen molar-refractivity contribution in [2.45, 2.75) is 52.4 Å². The van der Waals surface area contributed by atoms with Gasteiger partial charge in [0.2, 0.25) is 5.13 Å². The number of carbonyl (C=O) groups excluding carboxylic acids is 1. The van der Waals surface area contributed by atoms with Crippen molar-refractivity contribution in [3.63, 3.8) is 0 Å². The normalized spacial score (nSPS) is 12.1. The Kier molecular flexibility index (Phi) is 5.19. The Bertz CT molecular complexity index is 797. The van der Waals surface area contributed by atoms with E-state index in [1.165, 1.54) is 11.3 Å². The van der Waals surface area contributed by atoms with Gasteiger partial charge < -0.3 is 10.4 Å². The van der Waals surface area contributed by atoms with Gasteiger partial charge in [-0.1, -0.05) is 52.9 Å². The Labute approximate surface area is 154 Å². The van der Waals surface area contributed by atoms with E-state index in [0.717, 1.165) is 21.2 Å². The van der Waals surface area contributed by atoms with Gasteiger partial charge in [0, 0.05) is 10.3 Å². The molecule has 0 aliphatic rings. The standard InChI is InChI=1S/C16H22N4O3S2/c1-15(2,3)9-7-8(10(24-9)11(21)22)17-13(23)18-14-20-19-12(25-14)16(4,5)6/h7H,1-6H3,(H,21,22)(H2,17,18,20,23). The molecule has 25 heavy (non-hydrogen) atoms. The molecule has 2 rings (SSSR count). The van der Waals surface area contributed by atoms with Crippen molar-refractivity contribution in [1.82, 2.24) is 10.2 Å². The molecule has 0 saturated heterocycles. The number of rotatable bonds is 3. The number of aromatic nitrogens is 2. The first-order chi connectivity index (χ1) is 11.4. The molecule has 2 heterocycles. The van der Waals surface area contributed by atoms with Crippen molar-refractivity contribution in [1.29, 1.82) is 0 Å². The molecule has 2 aromatic rings. The fourth-order valence-corrected chi connectivity index (χ4v) is 3.65. The molecule has 0 spiro atoms. The predicted molar refractivity (Wildman–Crippen MR) is 101 cm³/mol. The quantitative estimate of drug-likeness (QED) is 0.723. The molecule has 0 fully saturated rings. The summed E-state index contributed by atoms with van der Waals surface area (Å²) in [5.41, 5.74) is -0.0773. The SMILES string of the molecule is CC(C)(C)c1cc(NC(=O)Nc2nnc(C(C)(C)C)s2)c(C(=O)O)s1. The molecule has 0 radical (unpaired) electrons. The van der Waals surface area contributed by atoms with Crippen molar-refractivity contribution in [3.8, 4) is 0 Å². The molecule has 9 heteroatoms. The Morgan fingerprint density at radius 3 is 2.12 bits per heavy atom. The van der Waals surface area contributed by atoms with E-state index in [1.54, 1.807) is 6.07 Å². The minimum Gasteiger partial charge on any atom is -0.477 e. The molecule has 0 aliphatic heterocycles. The van der Waals surface area contributed by atoms with E-state index < -0.39 is 12.0 Å². The maximum atomic E-state index is 12.2. The second-order valence-electron chi connectivity index (χ2n) is 7.65. The van der Waals surface area contributed by atoms with Crippen molar-refractivity contribution in [3.05, 3.63) is 20.8 Å². The van der Waals surface area contributed by atoms with Gasteiger partial charge in [0.15, 0.2) is 0 Å². The van der Waals surface area contributed by atoms with Gasteiger partial charge >= 0.3 is 12.0 Å². The number of aromatic carboxylic acids is 1. The van der Waals surface area contributed by atoms with Crippen molar-refractivity contribution in [2.24, 2.45) is 0 Å². The van der Waals surface area contributed by atoms with Crippen LogP contribution >= 0.6 is 22.7 Å². The number of carboxylic acids is 1. The fraction of sp³-hybridized carbons (Fsp3) is 0.500. The highest BCUT2D eigenvalue weighted by atomic mass is 32.1. The summed E-state index contributed by atoms with van der Waals surface area (Å²) in [5, 5.41) is 23.7. The number of thiophene rings is 1. The van der Waals surface area contributed by atoms with E-state index in [2.05, 4.69) is 20.8 Å². The number of carboxylic acid groups (broad SMARTS) is 1. The number of amides is 2. The van der Waals surface area contributed by atoms with Gasteiger partial charge in [0.1, 0.15) is 9.88 Å². The third kappa shape index (κ3) is 4.76. The van der Waals surface area contributed by atoms with Crippen LogP contribution in [-0.4, -0.2) is 27.3 Å². The molecule has 0 aliphatic carbocycles. The molecule has 3 N–H and O–H groups in total. The van der Waals surface area contributed by atoms with Gasteiger partial charge in [-0.15, -0.1) is 21.5 Å². The van der Waals surface area contributed by atoms with Gasteiger partial charge in [-0.05, 0) is 11.5 Å². The number of hydrogen-bond donors (Lipinski definition) is 3. The lowest BCUT2D eigenvalue weighted by Crippen LogP contribution is -2.20. The molecule has 0 aromatic carbocycles. The Balaban J connectivity index is 2.16. The molecule has 0 saturated carbocycles. The number of nitrogens with zero attached hydrogens (tertiary/aromatic N) is 2. The van der Waals surface area contributed by atoms with Crippen LogP contribution in [0.5, 0.6) is 0 Å². The van der Waals surface area contributed by atoms with Gasteiger partial charge in [-0.2, -0.15) is 0 Å². The average Bonchev–Trinajstić information content (AvgIpc) is 3.04. The Hall–Kier alpha value is -2.00. The van der Waals surface area contributed by atoms with Crippen LogP contribution in [0.4, 0.5) is 15.6 Å². The monoisotopic (exact) mass is 382 g/mol. The number of urea groups is 1. The summed E-state index contributed by atoms with van der Waals surface area (Å²) in [5.74, 6) is -1.07. The molecule has 0 bridgehead atoms.